The Kier molecular flexibility index (Phi) is 5.42. The largest absolute Gasteiger partial charge is 0.459 e. The van der Waals surface area contributed by atoms with Crippen molar-refractivity contribution in [1.29, 1.82) is 0 Å². The molecule has 16 heavy (non-hydrogen) atoms. The molecule has 0 fully saturated rings. The fourth-order valence-electron chi connectivity index (χ4n) is 0.987. The van der Waals surface area contributed by atoms with E-state index in [0.717, 1.165) is 0 Å². The van der Waals surface area contributed by atoms with Crippen molar-refractivity contribution in [2.24, 2.45) is 5.73 Å². The number of nitrogens with two attached hydrogens (primary N) is 1. The first-order chi connectivity index (χ1) is 7.01. The SMILES string of the molecule is CC(C)(C)OCC[C@H](N)C(=O)OC(C)(C)C. The lowest BCUT2D eigenvalue weighted by molar-refractivity contribution is -0.157. The molecule has 0 saturated carbocycles. The lowest BCUT2D eigenvalue weighted by Gasteiger charge is -2.23. The highest BCUT2D eigenvalue weighted by molar-refractivity contribution is 5.75. The normalized spacial score (nSPS) is 14.7. The molecule has 0 rings (SSSR count). The molecule has 0 aromatic carbocycles. The zero-order valence-electron chi connectivity index (χ0n) is 11.3. The second-order valence-electron chi connectivity index (χ2n) is 5.89. The Balaban J connectivity index is 3.89. The van der Waals surface area contributed by atoms with Crippen LogP contribution in [0.4, 0.5) is 0 Å². The van der Waals surface area contributed by atoms with Crippen LogP contribution in [0.1, 0.15) is 48.0 Å². The molecule has 4 nitrogen and oxygen atoms in total. The molecule has 2 N–H and O–H groups in total. The van der Waals surface area contributed by atoms with E-state index in [1.165, 1.54) is 0 Å². The van der Waals surface area contributed by atoms with Crippen LogP contribution in [0.25, 0.3) is 0 Å². The lowest BCUT2D eigenvalue weighted by atomic mass is 10.1. The van der Waals surface area contributed by atoms with Gasteiger partial charge in [0.25, 0.3) is 0 Å². The van der Waals surface area contributed by atoms with E-state index in [1.807, 2.05) is 41.5 Å². The van der Waals surface area contributed by atoms with Gasteiger partial charge in [-0.1, -0.05) is 0 Å². The Morgan fingerprint density at radius 1 is 1.12 bits per heavy atom. The molecule has 0 radical (unpaired) electrons. The molecule has 0 aromatic rings. The molecule has 0 saturated heterocycles. The standard InChI is InChI=1S/C12H25NO3/c1-11(2,3)15-8-7-9(13)10(14)16-12(4,5)6/h9H,7-8,13H2,1-6H3/t9-/m0/s1. The minimum absolute atomic E-state index is 0.201. The molecule has 1 atom stereocenters. The van der Waals surface area contributed by atoms with Crippen molar-refractivity contribution in [3.8, 4) is 0 Å². The maximum atomic E-state index is 11.5. The average Bonchev–Trinajstić information content (AvgIpc) is 1.98. The van der Waals surface area contributed by atoms with E-state index in [-0.39, 0.29) is 11.6 Å². The van der Waals surface area contributed by atoms with Crippen molar-refractivity contribution in [3.63, 3.8) is 0 Å². The van der Waals surface area contributed by atoms with Gasteiger partial charge in [0, 0.05) is 6.61 Å². The number of hydrogen-bond donors (Lipinski definition) is 1. The van der Waals surface area contributed by atoms with Gasteiger partial charge in [-0.25, -0.2) is 0 Å². The van der Waals surface area contributed by atoms with Gasteiger partial charge in [0.2, 0.25) is 0 Å². The Morgan fingerprint density at radius 3 is 2.00 bits per heavy atom. The van der Waals surface area contributed by atoms with Gasteiger partial charge in [0.1, 0.15) is 11.6 Å². The average molecular weight is 231 g/mol. The predicted octanol–water partition coefficient (Wildman–Crippen LogP) is 1.86. The molecular formula is C12H25NO3. The predicted molar refractivity (Wildman–Crippen MR) is 64.1 cm³/mol. The maximum absolute atomic E-state index is 11.5. The number of hydrogen-bond acceptors (Lipinski definition) is 4. The summed E-state index contributed by atoms with van der Waals surface area (Å²) in [7, 11) is 0. The van der Waals surface area contributed by atoms with Crippen molar-refractivity contribution in [2.45, 2.75) is 65.2 Å². The zero-order valence-corrected chi connectivity index (χ0v) is 11.3. The van der Waals surface area contributed by atoms with Gasteiger partial charge in [-0.2, -0.15) is 0 Å². The van der Waals surface area contributed by atoms with E-state index in [0.29, 0.717) is 13.0 Å². The Bertz CT molecular complexity index is 225. The molecule has 0 aliphatic rings. The van der Waals surface area contributed by atoms with Gasteiger partial charge in [-0.05, 0) is 48.0 Å². The van der Waals surface area contributed by atoms with E-state index >= 15 is 0 Å². The molecule has 4 heteroatoms. The third-order valence-electron chi connectivity index (χ3n) is 1.67. The highest BCUT2D eigenvalue weighted by atomic mass is 16.6. The zero-order chi connectivity index (χ0) is 13.0. The van der Waals surface area contributed by atoms with Gasteiger partial charge >= 0.3 is 5.97 Å². The second kappa shape index (κ2) is 5.64. The number of carbonyl (C=O) groups is 1. The maximum Gasteiger partial charge on any atom is 0.323 e. The molecule has 96 valence electrons. The third kappa shape index (κ3) is 8.68. The van der Waals surface area contributed by atoms with E-state index in [4.69, 9.17) is 15.2 Å². The van der Waals surface area contributed by atoms with Crippen LogP contribution in [-0.2, 0) is 14.3 Å². The Labute approximate surface area is 98.5 Å². The lowest BCUT2D eigenvalue weighted by Crippen LogP contribution is -2.38. The van der Waals surface area contributed by atoms with E-state index in [2.05, 4.69) is 0 Å². The van der Waals surface area contributed by atoms with Crippen LogP contribution in [0.5, 0.6) is 0 Å². The topological polar surface area (TPSA) is 61.5 Å². The van der Waals surface area contributed by atoms with Crippen molar-refractivity contribution in [3.05, 3.63) is 0 Å². The number of ether oxygens (including phenoxy) is 2. The molecule has 0 bridgehead atoms. The van der Waals surface area contributed by atoms with Crippen LogP contribution < -0.4 is 5.73 Å². The molecular weight excluding hydrogens is 206 g/mol. The molecule has 0 aromatic heterocycles. The second-order valence-corrected chi connectivity index (χ2v) is 5.89. The van der Waals surface area contributed by atoms with Gasteiger partial charge in [0.05, 0.1) is 5.60 Å². The number of carbonyl (C=O) groups excluding carboxylic acids is 1. The van der Waals surface area contributed by atoms with E-state index in [1.54, 1.807) is 0 Å². The van der Waals surface area contributed by atoms with Crippen LogP contribution in [0.3, 0.4) is 0 Å². The van der Waals surface area contributed by atoms with Crippen molar-refractivity contribution >= 4 is 5.97 Å². The third-order valence-corrected chi connectivity index (χ3v) is 1.67. The van der Waals surface area contributed by atoms with Crippen LogP contribution in [0, 0.1) is 0 Å². The van der Waals surface area contributed by atoms with E-state index in [9.17, 15) is 4.79 Å². The van der Waals surface area contributed by atoms with Crippen LogP contribution in [-0.4, -0.2) is 29.8 Å². The number of rotatable bonds is 4. The first-order valence-electron chi connectivity index (χ1n) is 5.64. The summed E-state index contributed by atoms with van der Waals surface area (Å²) >= 11 is 0. The fourth-order valence-corrected chi connectivity index (χ4v) is 0.987. The summed E-state index contributed by atoms with van der Waals surface area (Å²) in [4.78, 5) is 11.5. The summed E-state index contributed by atoms with van der Waals surface area (Å²) in [5.41, 5.74) is 5.01. The van der Waals surface area contributed by atoms with Gasteiger partial charge < -0.3 is 15.2 Å². The molecule has 0 spiro atoms. The summed E-state index contributed by atoms with van der Waals surface area (Å²) in [6, 6.07) is -0.610. The van der Waals surface area contributed by atoms with Crippen LogP contribution in [0.2, 0.25) is 0 Å². The Morgan fingerprint density at radius 2 is 1.62 bits per heavy atom. The fraction of sp³-hybridized carbons (Fsp3) is 0.917. The smallest absolute Gasteiger partial charge is 0.323 e. The highest BCUT2D eigenvalue weighted by Gasteiger charge is 2.22. The molecule has 0 unspecified atom stereocenters. The van der Waals surface area contributed by atoms with Gasteiger partial charge in [-0.15, -0.1) is 0 Å². The molecule has 0 heterocycles. The van der Waals surface area contributed by atoms with Gasteiger partial charge in [-0.3, -0.25) is 4.79 Å². The molecule has 0 amide bonds. The quantitative estimate of drug-likeness (QED) is 0.750. The van der Waals surface area contributed by atoms with Crippen molar-refractivity contribution < 1.29 is 14.3 Å². The summed E-state index contributed by atoms with van der Waals surface area (Å²) in [6.45, 7) is 11.8. The minimum atomic E-state index is -0.610. The van der Waals surface area contributed by atoms with Gasteiger partial charge in [0.15, 0.2) is 0 Å². The summed E-state index contributed by atoms with van der Waals surface area (Å²) < 4.78 is 10.7. The van der Waals surface area contributed by atoms with Crippen LogP contribution in [0.15, 0.2) is 0 Å². The number of esters is 1. The first kappa shape index (κ1) is 15.4. The van der Waals surface area contributed by atoms with Crippen molar-refractivity contribution in [2.75, 3.05) is 6.61 Å². The first-order valence-corrected chi connectivity index (χ1v) is 5.64. The minimum Gasteiger partial charge on any atom is -0.459 e. The summed E-state index contributed by atoms with van der Waals surface area (Å²) in [6.07, 6.45) is 0.478. The molecule has 0 aliphatic carbocycles. The van der Waals surface area contributed by atoms with Crippen LogP contribution >= 0.6 is 0 Å². The molecule has 0 aliphatic heterocycles. The summed E-state index contributed by atoms with van der Waals surface area (Å²) in [5.74, 6) is -0.370. The monoisotopic (exact) mass is 231 g/mol. The van der Waals surface area contributed by atoms with E-state index < -0.39 is 11.6 Å². The summed E-state index contributed by atoms with van der Waals surface area (Å²) in [5, 5.41) is 0. The Hall–Kier alpha value is -0.610. The van der Waals surface area contributed by atoms with Crippen molar-refractivity contribution in [1.82, 2.24) is 0 Å². The highest BCUT2D eigenvalue weighted by Crippen LogP contribution is 2.11.